The number of amides is 1. The second-order valence-corrected chi connectivity index (χ2v) is 3.63. The molecule has 0 radical (unpaired) electrons. The first kappa shape index (κ1) is 12.7. The van der Waals surface area contributed by atoms with Gasteiger partial charge in [0.05, 0.1) is 11.1 Å². The van der Waals surface area contributed by atoms with Gasteiger partial charge in [0, 0.05) is 12.5 Å². The summed E-state index contributed by atoms with van der Waals surface area (Å²) < 4.78 is 4.90. The summed E-state index contributed by atoms with van der Waals surface area (Å²) in [7, 11) is 0. The number of nitro groups is 1. The molecule has 0 fully saturated rings. The Hall–Kier alpha value is -2.77. The molecule has 8 nitrogen and oxygen atoms in total. The predicted molar refractivity (Wildman–Crippen MR) is 64.7 cm³/mol. The average molecular weight is 262 g/mol. The number of anilines is 1. The quantitative estimate of drug-likeness (QED) is 0.664. The van der Waals surface area contributed by atoms with Gasteiger partial charge in [0.2, 0.25) is 0 Å². The van der Waals surface area contributed by atoms with Crippen LogP contribution in [0.4, 0.5) is 11.5 Å². The fourth-order valence-corrected chi connectivity index (χ4v) is 1.46. The van der Waals surface area contributed by atoms with Gasteiger partial charge in [-0.3, -0.25) is 14.9 Å². The van der Waals surface area contributed by atoms with Crippen LogP contribution in [0.5, 0.6) is 0 Å². The first-order valence-electron chi connectivity index (χ1n) is 5.47. The van der Waals surface area contributed by atoms with Crippen molar-refractivity contribution < 1.29 is 14.2 Å². The molecule has 2 rings (SSSR count). The maximum atomic E-state index is 11.9. The molecule has 1 N–H and O–H groups in total. The third-order valence-electron chi connectivity index (χ3n) is 2.41. The van der Waals surface area contributed by atoms with E-state index in [0.717, 1.165) is 6.20 Å². The van der Waals surface area contributed by atoms with Gasteiger partial charge in [-0.05, 0) is 6.07 Å². The number of hydrogen-bond donors (Lipinski definition) is 1. The van der Waals surface area contributed by atoms with Crippen LogP contribution in [0.25, 0.3) is 0 Å². The predicted octanol–water partition coefficient (Wildman–Crippen LogP) is 1.79. The Morgan fingerprint density at radius 2 is 2.26 bits per heavy atom. The van der Waals surface area contributed by atoms with E-state index in [-0.39, 0.29) is 11.5 Å². The van der Waals surface area contributed by atoms with Crippen molar-refractivity contribution in [2.45, 2.75) is 13.3 Å². The summed E-state index contributed by atoms with van der Waals surface area (Å²) in [6.07, 6.45) is 2.93. The molecule has 0 aliphatic rings. The van der Waals surface area contributed by atoms with E-state index in [0.29, 0.717) is 17.7 Å². The van der Waals surface area contributed by atoms with E-state index in [1.54, 1.807) is 0 Å². The monoisotopic (exact) mass is 262 g/mol. The molecule has 0 saturated heterocycles. The van der Waals surface area contributed by atoms with Crippen molar-refractivity contribution in [1.82, 2.24) is 10.1 Å². The summed E-state index contributed by atoms with van der Waals surface area (Å²) in [4.78, 5) is 25.6. The van der Waals surface area contributed by atoms with Gasteiger partial charge in [-0.1, -0.05) is 12.1 Å². The van der Waals surface area contributed by atoms with E-state index in [9.17, 15) is 14.9 Å². The molecule has 2 heterocycles. The molecule has 19 heavy (non-hydrogen) atoms. The maximum absolute atomic E-state index is 11.9. The maximum Gasteiger partial charge on any atom is 0.287 e. The summed E-state index contributed by atoms with van der Waals surface area (Å²) in [5.74, 6) is 0.276. The van der Waals surface area contributed by atoms with E-state index in [2.05, 4.69) is 15.5 Å². The van der Waals surface area contributed by atoms with Crippen molar-refractivity contribution in [3.8, 4) is 0 Å². The van der Waals surface area contributed by atoms with Gasteiger partial charge in [0.25, 0.3) is 11.6 Å². The minimum absolute atomic E-state index is 0.141. The van der Waals surface area contributed by atoms with Crippen molar-refractivity contribution in [2.75, 3.05) is 5.32 Å². The summed E-state index contributed by atoms with van der Waals surface area (Å²) in [5.41, 5.74) is 0.180. The van der Waals surface area contributed by atoms with Gasteiger partial charge in [-0.2, -0.15) is 0 Å². The van der Waals surface area contributed by atoms with Crippen LogP contribution in [0, 0.1) is 10.1 Å². The molecule has 98 valence electrons. The van der Waals surface area contributed by atoms with Gasteiger partial charge in [0.15, 0.2) is 0 Å². The number of nitrogens with one attached hydrogen (secondary N) is 1. The van der Waals surface area contributed by atoms with Gasteiger partial charge in [-0.15, -0.1) is 0 Å². The lowest BCUT2D eigenvalue weighted by Crippen LogP contribution is -2.13. The van der Waals surface area contributed by atoms with Crippen LogP contribution in [-0.4, -0.2) is 21.0 Å². The van der Waals surface area contributed by atoms with E-state index in [1.807, 2.05) is 6.92 Å². The Bertz CT molecular complexity index is 605. The third-order valence-corrected chi connectivity index (χ3v) is 2.41. The molecule has 0 saturated carbocycles. The average Bonchev–Trinajstić information content (AvgIpc) is 2.87. The Labute approximate surface area is 107 Å². The highest BCUT2D eigenvalue weighted by Gasteiger charge is 2.15. The minimum atomic E-state index is -0.562. The Balaban J connectivity index is 2.13. The molecule has 2 aromatic rings. The first-order chi connectivity index (χ1) is 9.11. The lowest BCUT2D eigenvalue weighted by atomic mass is 10.2. The van der Waals surface area contributed by atoms with Gasteiger partial charge >= 0.3 is 0 Å². The fourth-order valence-electron chi connectivity index (χ4n) is 1.46. The van der Waals surface area contributed by atoms with Crippen LogP contribution in [0.15, 0.2) is 29.0 Å². The van der Waals surface area contributed by atoms with Gasteiger partial charge in [-0.25, -0.2) is 4.98 Å². The van der Waals surface area contributed by atoms with E-state index in [4.69, 9.17) is 4.52 Å². The molecule has 0 atom stereocenters. The summed E-state index contributed by atoms with van der Waals surface area (Å²) in [6, 6.07) is 2.62. The van der Waals surface area contributed by atoms with Crippen molar-refractivity contribution in [3.63, 3.8) is 0 Å². The molecule has 1 amide bonds. The highest BCUT2D eigenvalue weighted by atomic mass is 16.6. The highest BCUT2D eigenvalue weighted by molar-refractivity contribution is 6.04. The lowest BCUT2D eigenvalue weighted by molar-refractivity contribution is -0.385. The van der Waals surface area contributed by atoms with Gasteiger partial charge in [0.1, 0.15) is 23.3 Å². The number of hydrogen-bond acceptors (Lipinski definition) is 6. The topological polar surface area (TPSA) is 111 Å². The SMILES string of the molecule is CCc1oncc1C(=O)Nc1ccc([N+](=O)[O-])cn1. The highest BCUT2D eigenvalue weighted by Crippen LogP contribution is 2.14. The second-order valence-electron chi connectivity index (χ2n) is 3.63. The number of carbonyl (C=O) groups is 1. The molecule has 8 heteroatoms. The van der Waals surface area contributed by atoms with E-state index in [1.165, 1.54) is 18.3 Å². The molecule has 0 spiro atoms. The molecule has 0 unspecified atom stereocenters. The molecule has 0 aliphatic heterocycles. The minimum Gasteiger partial charge on any atom is -0.361 e. The van der Waals surface area contributed by atoms with Crippen molar-refractivity contribution in [2.24, 2.45) is 0 Å². The standard InChI is InChI=1S/C11H10N4O4/c1-2-9-8(6-13-19-9)11(16)14-10-4-3-7(5-12-10)15(17)18/h3-6H,2H2,1H3,(H,12,14,16). The number of nitrogens with zero attached hydrogens (tertiary/aromatic N) is 3. The first-order valence-corrected chi connectivity index (χ1v) is 5.47. The van der Waals surface area contributed by atoms with E-state index < -0.39 is 10.8 Å². The van der Waals surface area contributed by atoms with Crippen LogP contribution in [-0.2, 0) is 6.42 Å². The Morgan fingerprint density at radius 1 is 1.47 bits per heavy atom. The molecular formula is C11H10N4O4. The molecule has 0 bridgehead atoms. The molecular weight excluding hydrogens is 252 g/mol. The van der Waals surface area contributed by atoms with Gasteiger partial charge < -0.3 is 9.84 Å². The Kier molecular flexibility index (Phi) is 3.51. The second kappa shape index (κ2) is 5.25. The van der Waals surface area contributed by atoms with Crippen LogP contribution in [0.3, 0.4) is 0 Å². The fraction of sp³-hybridized carbons (Fsp3) is 0.182. The lowest BCUT2D eigenvalue weighted by Gasteiger charge is -2.02. The van der Waals surface area contributed by atoms with E-state index >= 15 is 0 Å². The number of rotatable bonds is 4. The molecule has 0 aromatic carbocycles. The van der Waals surface area contributed by atoms with Crippen LogP contribution in [0.1, 0.15) is 23.0 Å². The zero-order valence-corrected chi connectivity index (χ0v) is 9.99. The molecule has 2 aromatic heterocycles. The summed E-state index contributed by atoms with van der Waals surface area (Å²) in [6.45, 7) is 1.83. The van der Waals surface area contributed by atoms with Crippen LogP contribution < -0.4 is 5.32 Å². The van der Waals surface area contributed by atoms with Crippen molar-refractivity contribution >= 4 is 17.4 Å². The zero-order chi connectivity index (χ0) is 13.8. The Morgan fingerprint density at radius 3 is 2.84 bits per heavy atom. The summed E-state index contributed by atoms with van der Waals surface area (Å²) in [5, 5.41) is 16.5. The number of aromatic nitrogens is 2. The van der Waals surface area contributed by atoms with Crippen molar-refractivity contribution in [3.05, 3.63) is 46.0 Å². The zero-order valence-electron chi connectivity index (χ0n) is 9.99. The number of pyridine rings is 1. The van der Waals surface area contributed by atoms with Crippen molar-refractivity contribution in [1.29, 1.82) is 0 Å². The normalized spacial score (nSPS) is 10.2. The number of aryl methyl sites for hydroxylation is 1. The third kappa shape index (κ3) is 2.73. The number of carbonyl (C=O) groups excluding carboxylic acids is 1. The molecule has 0 aliphatic carbocycles. The smallest absolute Gasteiger partial charge is 0.287 e. The van der Waals surface area contributed by atoms with Crippen LogP contribution >= 0.6 is 0 Å². The largest absolute Gasteiger partial charge is 0.361 e. The van der Waals surface area contributed by atoms with Crippen LogP contribution in [0.2, 0.25) is 0 Å². The summed E-state index contributed by atoms with van der Waals surface area (Å²) >= 11 is 0.